The van der Waals surface area contributed by atoms with Crippen molar-refractivity contribution in [3.05, 3.63) is 233 Å². The maximum atomic E-state index is 9.42. The number of rotatable bonds is 7. The Labute approximate surface area is 388 Å². The van der Waals surface area contributed by atoms with Gasteiger partial charge in [-0.3, -0.25) is 0 Å². The van der Waals surface area contributed by atoms with Gasteiger partial charge in [0, 0.05) is 27.8 Å². The minimum atomic E-state index is -0.632. The van der Waals surface area contributed by atoms with Crippen LogP contribution in [0.3, 0.4) is 0 Å². The van der Waals surface area contributed by atoms with Gasteiger partial charge in [0.1, 0.15) is 11.5 Å². The summed E-state index contributed by atoms with van der Waals surface area (Å²) in [6.45, 7) is 13.6. The molecule has 0 aliphatic carbocycles. The maximum Gasteiger partial charge on any atom is 0.164 e. The molecule has 0 unspecified atom stereocenters. The number of para-hydroxylation sites is 1. The van der Waals surface area contributed by atoms with E-state index in [9.17, 15) is 5.26 Å². The van der Waals surface area contributed by atoms with Crippen molar-refractivity contribution in [2.45, 2.75) is 57.8 Å². The second-order valence-electron chi connectivity index (χ2n) is 19.2. The second-order valence-corrected chi connectivity index (χ2v) is 19.2. The topological polar surface area (TPSA) is 71.7 Å². The Morgan fingerprint density at radius 1 is 0.394 bits per heavy atom. The summed E-state index contributed by atoms with van der Waals surface area (Å²) in [6.07, 6.45) is 0. The average molecular weight is 855 g/mol. The number of benzene rings is 8. The first-order valence-electron chi connectivity index (χ1n) is 22.6. The summed E-state index contributed by atoms with van der Waals surface area (Å²) in [4.78, 5) is 14.8. The van der Waals surface area contributed by atoms with Crippen LogP contribution < -0.4 is 4.74 Å². The predicted molar refractivity (Wildman–Crippen MR) is 268 cm³/mol. The highest BCUT2D eigenvalue weighted by Gasteiger charge is 2.45. The van der Waals surface area contributed by atoms with Crippen LogP contribution >= 0.6 is 0 Å². The molecule has 0 spiro atoms. The van der Waals surface area contributed by atoms with Gasteiger partial charge in [-0.2, -0.15) is 5.26 Å². The molecule has 0 fully saturated rings. The van der Waals surface area contributed by atoms with Crippen LogP contribution in [0.4, 0.5) is 0 Å². The summed E-state index contributed by atoms with van der Waals surface area (Å²) in [5.41, 5.74) is 14.0. The zero-order valence-corrected chi connectivity index (χ0v) is 38.2. The first kappa shape index (κ1) is 42.0. The molecule has 10 rings (SSSR count). The Morgan fingerprint density at radius 2 is 0.818 bits per heavy atom. The van der Waals surface area contributed by atoms with Crippen LogP contribution in [-0.4, -0.2) is 15.0 Å². The van der Waals surface area contributed by atoms with Gasteiger partial charge < -0.3 is 4.74 Å². The zero-order valence-electron chi connectivity index (χ0n) is 38.2. The van der Waals surface area contributed by atoms with Crippen LogP contribution in [-0.2, 0) is 16.2 Å². The molecule has 66 heavy (non-hydrogen) atoms. The van der Waals surface area contributed by atoms with E-state index in [-0.39, 0.29) is 10.8 Å². The highest BCUT2D eigenvalue weighted by molar-refractivity contribution is 5.79. The van der Waals surface area contributed by atoms with E-state index in [4.69, 9.17) is 19.7 Å². The molecule has 0 amide bonds. The fourth-order valence-electron chi connectivity index (χ4n) is 9.21. The van der Waals surface area contributed by atoms with Crippen LogP contribution in [0.2, 0.25) is 0 Å². The smallest absolute Gasteiger partial charge is 0.164 e. The summed E-state index contributed by atoms with van der Waals surface area (Å²) in [7, 11) is 0. The lowest BCUT2D eigenvalue weighted by Crippen LogP contribution is -2.34. The molecule has 320 valence electrons. The van der Waals surface area contributed by atoms with Crippen molar-refractivity contribution in [2.24, 2.45) is 0 Å². The van der Waals surface area contributed by atoms with Gasteiger partial charge in [0.15, 0.2) is 17.5 Å². The molecule has 0 saturated carbocycles. The standard InChI is InChI=1S/C61H50N4O/c1-59(2,3)48-27-31-50(32-28-48)61(51-33-29-49(30-34-51)60(4,5)6)52-20-10-11-21-54(52)66-55-38-46(26-35-53(55)61)44-17-12-16-43(36-44)45-18-13-19-47(37-45)58-64-56(41-14-8-7-9-15-41)63-57(65-58)42-24-22-40(39-62)23-25-42/h7-38H,1-6H3. The molecule has 0 atom stereocenters. The maximum absolute atomic E-state index is 9.42. The quantitative estimate of drug-likeness (QED) is 0.160. The van der Waals surface area contributed by atoms with Crippen LogP contribution in [0.1, 0.15) is 80.5 Å². The van der Waals surface area contributed by atoms with E-state index in [1.54, 1.807) is 12.1 Å². The molecule has 5 heteroatoms. The lowest BCUT2D eigenvalue weighted by atomic mass is 9.63. The Morgan fingerprint density at radius 3 is 1.36 bits per heavy atom. The highest BCUT2D eigenvalue weighted by Crippen LogP contribution is 2.56. The summed E-state index contributed by atoms with van der Waals surface area (Å²) in [5.74, 6) is 3.38. The third-order valence-electron chi connectivity index (χ3n) is 12.9. The molecular formula is C61H50N4O. The van der Waals surface area contributed by atoms with E-state index in [0.29, 0.717) is 23.0 Å². The number of hydrogen-bond donors (Lipinski definition) is 0. The molecule has 9 aromatic rings. The van der Waals surface area contributed by atoms with E-state index >= 15 is 0 Å². The number of ether oxygens (including phenoxy) is 1. The number of fused-ring (bicyclic) bond motifs is 2. The van der Waals surface area contributed by atoms with E-state index < -0.39 is 5.41 Å². The summed E-state index contributed by atoms with van der Waals surface area (Å²) in [6, 6.07) is 70.2. The number of nitrogens with zero attached hydrogens (tertiary/aromatic N) is 4. The second kappa shape index (κ2) is 16.6. The lowest BCUT2D eigenvalue weighted by molar-refractivity contribution is 0.434. The van der Waals surface area contributed by atoms with Gasteiger partial charge >= 0.3 is 0 Å². The Balaban J connectivity index is 1.07. The largest absolute Gasteiger partial charge is 0.457 e. The summed E-state index contributed by atoms with van der Waals surface area (Å²) >= 11 is 0. The van der Waals surface area contributed by atoms with Crippen LogP contribution in [0.5, 0.6) is 11.5 Å². The third kappa shape index (κ3) is 7.75. The van der Waals surface area contributed by atoms with Crippen molar-refractivity contribution >= 4 is 0 Å². The molecule has 5 nitrogen and oxygen atoms in total. The summed E-state index contributed by atoms with van der Waals surface area (Å²) < 4.78 is 6.93. The van der Waals surface area contributed by atoms with Crippen LogP contribution in [0, 0.1) is 11.3 Å². The SMILES string of the molecule is CC(C)(C)c1ccc(C2(c3ccc(C(C)(C)C)cc3)c3ccccc3Oc3cc(-c4cccc(-c5cccc(-c6nc(-c7ccccc7)nc(-c7ccc(C#N)cc7)n6)c5)c4)ccc32)cc1. The number of aromatic nitrogens is 3. The fourth-order valence-corrected chi connectivity index (χ4v) is 9.21. The number of hydrogen-bond acceptors (Lipinski definition) is 5. The number of nitriles is 1. The van der Waals surface area contributed by atoms with Gasteiger partial charge in [0.2, 0.25) is 0 Å². The van der Waals surface area contributed by atoms with Crippen molar-refractivity contribution in [3.63, 3.8) is 0 Å². The van der Waals surface area contributed by atoms with Crippen LogP contribution in [0.15, 0.2) is 194 Å². The minimum Gasteiger partial charge on any atom is -0.457 e. The normalized spacial score (nSPS) is 12.9. The van der Waals surface area contributed by atoms with Crippen molar-refractivity contribution in [2.75, 3.05) is 0 Å². The molecule has 1 aromatic heterocycles. The molecule has 0 saturated heterocycles. The predicted octanol–water partition coefficient (Wildman–Crippen LogP) is 15.2. The van der Waals surface area contributed by atoms with Crippen molar-refractivity contribution in [1.29, 1.82) is 5.26 Å². The average Bonchev–Trinajstić information content (AvgIpc) is 3.35. The first-order chi connectivity index (χ1) is 31.9. The highest BCUT2D eigenvalue weighted by atomic mass is 16.5. The molecule has 0 radical (unpaired) electrons. The zero-order chi connectivity index (χ0) is 45.6. The van der Waals surface area contributed by atoms with Crippen molar-refractivity contribution in [1.82, 2.24) is 15.0 Å². The van der Waals surface area contributed by atoms with Gasteiger partial charge in [-0.05, 0) is 104 Å². The Kier molecular flexibility index (Phi) is 10.5. The van der Waals surface area contributed by atoms with Crippen molar-refractivity contribution in [3.8, 4) is 74.0 Å². The third-order valence-corrected chi connectivity index (χ3v) is 12.9. The molecule has 0 bridgehead atoms. The van der Waals surface area contributed by atoms with E-state index in [1.165, 1.54) is 22.3 Å². The van der Waals surface area contributed by atoms with Crippen molar-refractivity contribution < 1.29 is 4.74 Å². The molecule has 1 aliphatic rings. The molecule has 0 N–H and O–H groups in total. The van der Waals surface area contributed by atoms with Gasteiger partial charge in [0.05, 0.1) is 17.0 Å². The molecular weight excluding hydrogens is 805 g/mol. The van der Waals surface area contributed by atoms with E-state index in [2.05, 4.69) is 181 Å². The van der Waals surface area contributed by atoms with Gasteiger partial charge in [-0.25, -0.2) is 15.0 Å². The monoisotopic (exact) mass is 854 g/mol. The van der Waals surface area contributed by atoms with Crippen LogP contribution in [0.25, 0.3) is 56.4 Å². The first-order valence-corrected chi connectivity index (χ1v) is 22.6. The summed E-state index contributed by atoms with van der Waals surface area (Å²) in [5, 5.41) is 9.42. The Hall–Kier alpha value is -7.94. The van der Waals surface area contributed by atoms with E-state index in [1.807, 2.05) is 48.5 Å². The lowest BCUT2D eigenvalue weighted by Gasteiger charge is -2.42. The molecule has 1 aliphatic heterocycles. The van der Waals surface area contributed by atoms with Gasteiger partial charge in [0.25, 0.3) is 0 Å². The van der Waals surface area contributed by atoms with Gasteiger partial charge in [-0.1, -0.05) is 187 Å². The molecule has 2 heterocycles. The Bertz CT molecular complexity index is 3220. The van der Waals surface area contributed by atoms with E-state index in [0.717, 1.165) is 61.6 Å². The minimum absolute atomic E-state index is 0.0195. The fraction of sp³-hybridized carbons (Fsp3) is 0.148. The van der Waals surface area contributed by atoms with Gasteiger partial charge in [-0.15, -0.1) is 0 Å². The molecule has 8 aromatic carbocycles.